The first-order valence-electron chi connectivity index (χ1n) is 11.7. The Hall–Kier alpha value is -2.98. The Kier molecular flexibility index (Phi) is 7.51. The fourth-order valence-electron chi connectivity index (χ4n) is 5.59. The van der Waals surface area contributed by atoms with Crippen LogP contribution in [0.1, 0.15) is 41.5 Å². The normalized spacial score (nSPS) is 42.1. The molecule has 3 aliphatic rings. The predicted molar refractivity (Wildman–Crippen MR) is 129 cm³/mol. The van der Waals surface area contributed by atoms with Crippen molar-refractivity contribution in [1.29, 1.82) is 0 Å². The van der Waals surface area contributed by atoms with E-state index in [1.54, 1.807) is 13.0 Å². The van der Waals surface area contributed by atoms with Crippen molar-refractivity contribution >= 4 is 41.3 Å². The molecule has 0 aromatic carbocycles. The van der Waals surface area contributed by atoms with E-state index in [0.29, 0.717) is 0 Å². The van der Waals surface area contributed by atoms with Crippen molar-refractivity contribution in [3.63, 3.8) is 0 Å². The second kappa shape index (κ2) is 9.72. The van der Waals surface area contributed by atoms with E-state index >= 15 is 0 Å². The Bertz CT molecular complexity index is 1110. The van der Waals surface area contributed by atoms with Gasteiger partial charge in [0.05, 0.1) is 17.2 Å². The predicted octanol–water partition coefficient (Wildman–Crippen LogP) is 1.96. The summed E-state index contributed by atoms with van der Waals surface area (Å²) in [7, 11) is 0. The highest BCUT2D eigenvalue weighted by Crippen LogP contribution is 2.54. The van der Waals surface area contributed by atoms with Gasteiger partial charge in [0.15, 0.2) is 23.1 Å². The number of allylic oxidation sites excluding steroid dienone is 2. The van der Waals surface area contributed by atoms with Crippen LogP contribution in [0.25, 0.3) is 0 Å². The Morgan fingerprint density at radius 3 is 2.19 bits per heavy atom. The number of hydrogen-bond acceptors (Lipinski definition) is 10. The lowest BCUT2D eigenvalue weighted by atomic mass is 9.56. The molecule has 9 atom stereocenters. The number of ether oxygens (including phenoxy) is 4. The van der Waals surface area contributed by atoms with Crippen molar-refractivity contribution in [3.05, 3.63) is 36.5 Å². The molecule has 1 saturated heterocycles. The van der Waals surface area contributed by atoms with E-state index in [0.717, 1.165) is 13.8 Å². The smallest absolute Gasteiger partial charge is 0.312 e. The van der Waals surface area contributed by atoms with E-state index in [9.17, 15) is 29.1 Å². The molecule has 0 saturated carbocycles. The van der Waals surface area contributed by atoms with Gasteiger partial charge in [-0.05, 0) is 31.6 Å². The van der Waals surface area contributed by atoms with Gasteiger partial charge in [-0.3, -0.25) is 24.0 Å². The summed E-state index contributed by atoms with van der Waals surface area (Å²) in [5.41, 5.74) is -5.44. The summed E-state index contributed by atoms with van der Waals surface area (Å²) >= 11 is 6.70. The maximum atomic E-state index is 13.3. The van der Waals surface area contributed by atoms with Crippen molar-refractivity contribution in [2.75, 3.05) is 0 Å². The maximum Gasteiger partial charge on any atom is 0.312 e. The highest BCUT2D eigenvalue weighted by atomic mass is 35.5. The first-order chi connectivity index (χ1) is 17.0. The van der Waals surface area contributed by atoms with Gasteiger partial charge in [0.2, 0.25) is 0 Å². The van der Waals surface area contributed by atoms with Gasteiger partial charge >= 0.3 is 23.9 Å². The number of halogens is 1. The summed E-state index contributed by atoms with van der Waals surface area (Å²) in [6.45, 7) is 11.7. The molecule has 1 aliphatic heterocycles. The minimum absolute atomic E-state index is 0.0979. The van der Waals surface area contributed by atoms with E-state index < -0.39 is 81.8 Å². The van der Waals surface area contributed by atoms with E-state index in [2.05, 4.69) is 6.58 Å². The molecule has 2 aliphatic carbocycles. The summed E-state index contributed by atoms with van der Waals surface area (Å²) in [6.07, 6.45) is 1.51. The van der Waals surface area contributed by atoms with E-state index in [4.69, 9.17) is 30.5 Å². The van der Waals surface area contributed by atoms with Gasteiger partial charge in [-0.15, -0.1) is 11.6 Å². The molecule has 1 heterocycles. The van der Waals surface area contributed by atoms with Gasteiger partial charge < -0.3 is 24.1 Å². The maximum absolute atomic E-state index is 13.3. The van der Waals surface area contributed by atoms with Crippen LogP contribution in [-0.2, 0) is 42.9 Å². The molecule has 11 heteroatoms. The molecule has 0 aromatic heterocycles. The summed E-state index contributed by atoms with van der Waals surface area (Å²) in [5, 5.41) is 11.0. The first-order valence-corrected chi connectivity index (χ1v) is 12.1. The van der Waals surface area contributed by atoms with Gasteiger partial charge in [-0.25, -0.2) is 0 Å². The summed E-state index contributed by atoms with van der Waals surface area (Å²) in [4.78, 5) is 62.6. The van der Waals surface area contributed by atoms with Crippen LogP contribution in [0.15, 0.2) is 36.5 Å². The minimum Gasteiger partial charge on any atom is -0.459 e. The molecule has 0 bridgehead atoms. The van der Waals surface area contributed by atoms with Crippen LogP contribution in [-0.4, -0.2) is 69.7 Å². The highest BCUT2D eigenvalue weighted by molar-refractivity contribution is 6.23. The zero-order chi connectivity index (χ0) is 28.1. The zero-order valence-corrected chi connectivity index (χ0v) is 22.2. The van der Waals surface area contributed by atoms with Crippen molar-refractivity contribution in [1.82, 2.24) is 0 Å². The number of alkyl halides is 1. The van der Waals surface area contributed by atoms with Crippen LogP contribution < -0.4 is 0 Å². The number of aliphatic hydroxyl groups is 1. The largest absolute Gasteiger partial charge is 0.459 e. The number of hydrogen-bond donors (Lipinski definition) is 1. The SMILES string of the molecule is C=C1[C@@H](OC(C)=O)/C=C/[C@@]2(C)C=CC(=O)[C@@](C)(OC(C)=O)[C@@H]2[C@@H](OC(C)=O)C2(O)[C@@H](C)C(=O)O[C@H]2[C@H]1Cl. The lowest BCUT2D eigenvalue weighted by molar-refractivity contribution is -0.220. The Balaban J connectivity index is 2.43. The summed E-state index contributed by atoms with van der Waals surface area (Å²) in [6, 6.07) is 0. The van der Waals surface area contributed by atoms with Crippen molar-refractivity contribution in [3.8, 4) is 0 Å². The monoisotopic (exact) mass is 538 g/mol. The van der Waals surface area contributed by atoms with Crippen LogP contribution in [0.2, 0.25) is 0 Å². The molecule has 1 unspecified atom stereocenters. The lowest BCUT2D eigenvalue weighted by Gasteiger charge is -2.53. The van der Waals surface area contributed by atoms with E-state index in [1.807, 2.05) is 0 Å². The Labute approximate surface area is 219 Å². The van der Waals surface area contributed by atoms with Gasteiger partial charge in [0.1, 0.15) is 12.2 Å². The quantitative estimate of drug-likeness (QED) is 0.245. The van der Waals surface area contributed by atoms with Crippen LogP contribution in [0.5, 0.6) is 0 Å². The average molecular weight is 539 g/mol. The molecule has 0 aromatic rings. The minimum atomic E-state index is -2.32. The zero-order valence-electron chi connectivity index (χ0n) is 21.5. The molecular formula is C26H31ClO10. The molecule has 1 N–H and O–H groups in total. The number of esters is 4. The third-order valence-electron chi connectivity index (χ3n) is 7.41. The van der Waals surface area contributed by atoms with Gasteiger partial charge in [-0.2, -0.15) is 0 Å². The molecule has 202 valence electrons. The third-order valence-corrected chi connectivity index (χ3v) is 7.92. The molecule has 10 nitrogen and oxygen atoms in total. The van der Waals surface area contributed by atoms with Crippen LogP contribution in [0, 0.1) is 17.3 Å². The van der Waals surface area contributed by atoms with Crippen LogP contribution >= 0.6 is 11.6 Å². The molecule has 1 fully saturated rings. The van der Waals surface area contributed by atoms with Crippen molar-refractivity contribution < 1.29 is 48.0 Å². The fourth-order valence-corrected chi connectivity index (χ4v) is 5.97. The number of fused-ring (bicyclic) bond motifs is 2. The number of ketones is 1. The molecule has 0 radical (unpaired) electrons. The second-order valence-corrected chi connectivity index (χ2v) is 10.6. The molecular weight excluding hydrogens is 508 g/mol. The summed E-state index contributed by atoms with van der Waals surface area (Å²) in [5.74, 6) is -6.32. The van der Waals surface area contributed by atoms with Crippen molar-refractivity contribution in [2.45, 2.75) is 76.4 Å². The topological polar surface area (TPSA) is 143 Å². The highest BCUT2D eigenvalue weighted by Gasteiger charge is 2.70. The summed E-state index contributed by atoms with van der Waals surface area (Å²) < 4.78 is 22.2. The van der Waals surface area contributed by atoms with Gasteiger partial charge in [0.25, 0.3) is 0 Å². The lowest BCUT2D eigenvalue weighted by Crippen LogP contribution is -2.68. The van der Waals surface area contributed by atoms with E-state index in [-0.39, 0.29) is 5.57 Å². The van der Waals surface area contributed by atoms with Crippen LogP contribution in [0.3, 0.4) is 0 Å². The molecule has 0 spiro atoms. The van der Waals surface area contributed by atoms with Gasteiger partial charge in [-0.1, -0.05) is 25.7 Å². The number of rotatable bonds is 3. The van der Waals surface area contributed by atoms with Crippen LogP contribution in [0.4, 0.5) is 0 Å². The Morgan fingerprint density at radius 1 is 1.05 bits per heavy atom. The van der Waals surface area contributed by atoms with Gasteiger partial charge in [0, 0.05) is 26.2 Å². The number of carbonyl (C=O) groups is 5. The molecule has 3 rings (SSSR count). The Morgan fingerprint density at radius 2 is 1.65 bits per heavy atom. The van der Waals surface area contributed by atoms with Crippen molar-refractivity contribution in [2.24, 2.45) is 17.3 Å². The fraction of sp³-hybridized carbons (Fsp3) is 0.577. The van der Waals surface area contributed by atoms with E-state index in [1.165, 1.54) is 39.0 Å². The first kappa shape index (κ1) is 28.6. The molecule has 37 heavy (non-hydrogen) atoms. The molecule has 0 amide bonds. The second-order valence-electron chi connectivity index (χ2n) is 10.1. The third kappa shape index (κ3) is 4.72. The number of carbonyl (C=O) groups excluding carboxylic acids is 5. The standard InChI is InChI=1S/C26H31ClO10/c1-12-17(34-14(3)28)8-10-24(6)11-9-18(31)25(7,37-16(5)30)20(24)22(35-15(4)29)26(33)13(2)23(32)36-21(26)19(12)27/h8-11,13,17,19-22,33H,1H2,2-7H3/b10-8+/t13-,17-,19-,20+,21-,22+,24-,25+,26?/m0/s1. The average Bonchev–Trinajstić information content (AvgIpc) is 3.01.